The summed E-state index contributed by atoms with van der Waals surface area (Å²) in [6.07, 6.45) is 0. The van der Waals surface area contributed by atoms with Crippen molar-refractivity contribution in [1.82, 2.24) is 0 Å². The van der Waals surface area contributed by atoms with Gasteiger partial charge in [-0.05, 0) is 55.3 Å². The summed E-state index contributed by atoms with van der Waals surface area (Å²) in [7, 11) is 0. The Bertz CT molecular complexity index is 1490. The molecule has 0 aliphatic heterocycles. The Balaban J connectivity index is 1.74. The van der Waals surface area contributed by atoms with Crippen molar-refractivity contribution in [2.45, 2.75) is 13.8 Å². The molecule has 0 spiro atoms. The normalized spacial score (nSPS) is 10.8. The maximum atomic E-state index is 13.5. The predicted molar refractivity (Wildman–Crippen MR) is 131 cm³/mol. The molecule has 0 saturated heterocycles. The third-order valence-electron chi connectivity index (χ3n) is 5.23. The maximum Gasteiger partial charge on any atom is 0.262 e. The van der Waals surface area contributed by atoms with Gasteiger partial charge in [0.15, 0.2) is 12.4 Å². The van der Waals surface area contributed by atoms with E-state index in [1.807, 2.05) is 13.0 Å². The molecule has 4 aromatic rings. The first-order chi connectivity index (χ1) is 16.3. The molecule has 1 heterocycles. The number of nitrogens with two attached hydrogens (primary N) is 1. The second-order valence-corrected chi connectivity index (χ2v) is 8.18. The molecule has 0 unspecified atom stereocenters. The van der Waals surface area contributed by atoms with Crippen molar-refractivity contribution in [2.75, 3.05) is 11.9 Å². The molecule has 0 fully saturated rings. The molecule has 0 saturated carbocycles. The molecule has 0 aliphatic carbocycles. The van der Waals surface area contributed by atoms with Gasteiger partial charge in [-0.3, -0.25) is 14.4 Å². The Morgan fingerprint density at radius 2 is 1.76 bits per heavy atom. The van der Waals surface area contributed by atoms with E-state index < -0.39 is 23.9 Å². The van der Waals surface area contributed by atoms with E-state index in [1.54, 1.807) is 55.5 Å². The number of fused-ring (bicyclic) bond motifs is 1. The predicted octanol–water partition coefficient (Wildman–Crippen LogP) is 4.85. The Morgan fingerprint density at radius 3 is 2.50 bits per heavy atom. The van der Waals surface area contributed by atoms with Crippen molar-refractivity contribution in [2.24, 2.45) is 5.73 Å². The lowest BCUT2D eigenvalue weighted by Gasteiger charge is -2.14. The molecule has 1 aromatic heterocycles. The number of hydrogen-bond donors (Lipinski definition) is 2. The summed E-state index contributed by atoms with van der Waals surface area (Å²) in [5, 5.41) is 3.30. The van der Waals surface area contributed by atoms with Crippen LogP contribution in [0.5, 0.6) is 5.75 Å². The topological polar surface area (TPSA) is 112 Å². The molecule has 0 radical (unpaired) electrons. The zero-order valence-corrected chi connectivity index (χ0v) is 19.2. The van der Waals surface area contributed by atoms with Gasteiger partial charge in [0.2, 0.25) is 11.2 Å². The minimum absolute atomic E-state index is 0.124. The standard InChI is InChI=1S/C26H21ClN2O5/c1-14-11-15(2)22-20(12-14)34-24(16-7-3-5-9-18(16)27)25(23(22)31)33-13-21(30)29-19-10-6-4-8-17(19)26(28)32/h3-12H,13H2,1-2H3,(H2,28,32)(H,29,30). The van der Waals surface area contributed by atoms with E-state index in [0.29, 0.717) is 21.6 Å². The number of benzene rings is 3. The van der Waals surface area contributed by atoms with Crippen LogP contribution in [0.2, 0.25) is 5.02 Å². The fraction of sp³-hybridized carbons (Fsp3) is 0.115. The highest BCUT2D eigenvalue weighted by Gasteiger charge is 2.22. The number of carbonyl (C=O) groups excluding carboxylic acids is 2. The Hall–Kier alpha value is -4.10. The van der Waals surface area contributed by atoms with Crippen LogP contribution in [0.25, 0.3) is 22.3 Å². The van der Waals surface area contributed by atoms with Crippen LogP contribution in [-0.4, -0.2) is 18.4 Å². The van der Waals surface area contributed by atoms with E-state index in [9.17, 15) is 14.4 Å². The van der Waals surface area contributed by atoms with E-state index in [0.717, 1.165) is 11.1 Å². The zero-order valence-electron chi connectivity index (χ0n) is 18.5. The Morgan fingerprint density at radius 1 is 1.06 bits per heavy atom. The summed E-state index contributed by atoms with van der Waals surface area (Å²) in [5.74, 6) is -1.28. The number of halogens is 1. The molecule has 172 valence electrons. The van der Waals surface area contributed by atoms with E-state index in [1.165, 1.54) is 6.07 Å². The van der Waals surface area contributed by atoms with Gasteiger partial charge in [-0.1, -0.05) is 41.9 Å². The fourth-order valence-corrected chi connectivity index (χ4v) is 3.98. The third-order valence-corrected chi connectivity index (χ3v) is 5.56. The molecule has 7 nitrogen and oxygen atoms in total. The van der Waals surface area contributed by atoms with Crippen LogP contribution in [-0.2, 0) is 4.79 Å². The highest BCUT2D eigenvalue weighted by Crippen LogP contribution is 2.36. The van der Waals surface area contributed by atoms with Crippen LogP contribution in [0.4, 0.5) is 5.69 Å². The molecule has 4 rings (SSSR count). The molecule has 34 heavy (non-hydrogen) atoms. The molecule has 3 N–H and O–H groups in total. The number of primary amides is 1. The van der Waals surface area contributed by atoms with Gasteiger partial charge in [-0.25, -0.2) is 0 Å². The maximum absolute atomic E-state index is 13.5. The summed E-state index contributed by atoms with van der Waals surface area (Å²) in [4.78, 5) is 37.7. The molecule has 8 heteroatoms. The van der Waals surface area contributed by atoms with Gasteiger partial charge in [-0.15, -0.1) is 0 Å². The minimum atomic E-state index is -0.682. The number of nitrogens with one attached hydrogen (secondary N) is 1. The number of carbonyl (C=O) groups is 2. The van der Waals surface area contributed by atoms with Crippen molar-refractivity contribution < 1.29 is 18.7 Å². The monoisotopic (exact) mass is 476 g/mol. The van der Waals surface area contributed by atoms with E-state index >= 15 is 0 Å². The van der Waals surface area contributed by atoms with Gasteiger partial charge in [0, 0.05) is 5.56 Å². The Labute approximate surface area is 200 Å². The average molecular weight is 477 g/mol. The second-order valence-electron chi connectivity index (χ2n) is 7.77. The molecule has 0 bridgehead atoms. The SMILES string of the molecule is Cc1cc(C)c2c(=O)c(OCC(=O)Nc3ccccc3C(N)=O)c(-c3ccccc3Cl)oc2c1. The third kappa shape index (κ3) is 4.51. The van der Waals surface area contributed by atoms with Crippen molar-refractivity contribution in [3.8, 4) is 17.1 Å². The van der Waals surface area contributed by atoms with Crippen molar-refractivity contribution in [3.05, 3.63) is 92.6 Å². The van der Waals surface area contributed by atoms with Crippen LogP contribution in [0.15, 0.2) is 69.9 Å². The van der Waals surface area contributed by atoms with Crippen LogP contribution >= 0.6 is 11.6 Å². The number of ether oxygens (including phenoxy) is 1. The van der Waals surface area contributed by atoms with Gasteiger partial charge in [0.05, 0.1) is 21.7 Å². The van der Waals surface area contributed by atoms with Gasteiger partial charge in [0.25, 0.3) is 11.8 Å². The smallest absolute Gasteiger partial charge is 0.262 e. The van der Waals surface area contributed by atoms with Crippen LogP contribution in [0.3, 0.4) is 0 Å². The first-order valence-corrected chi connectivity index (χ1v) is 10.8. The summed E-state index contributed by atoms with van der Waals surface area (Å²) in [6.45, 7) is 3.20. The van der Waals surface area contributed by atoms with E-state index in [-0.39, 0.29) is 22.8 Å². The zero-order chi connectivity index (χ0) is 24.4. The van der Waals surface area contributed by atoms with Crippen molar-refractivity contribution in [3.63, 3.8) is 0 Å². The number of amides is 2. The summed E-state index contributed by atoms with van der Waals surface area (Å²) in [5.41, 5.74) is 7.84. The molecular formula is C26H21ClN2O5. The average Bonchev–Trinajstić information content (AvgIpc) is 2.78. The highest BCUT2D eigenvalue weighted by molar-refractivity contribution is 6.33. The van der Waals surface area contributed by atoms with Gasteiger partial charge >= 0.3 is 0 Å². The lowest BCUT2D eigenvalue weighted by Crippen LogP contribution is -2.24. The summed E-state index contributed by atoms with van der Waals surface area (Å²) in [6, 6.07) is 16.8. The number of hydrogen-bond acceptors (Lipinski definition) is 5. The highest BCUT2D eigenvalue weighted by atomic mass is 35.5. The lowest BCUT2D eigenvalue weighted by molar-refractivity contribution is -0.118. The molecule has 3 aromatic carbocycles. The molecule has 0 aliphatic rings. The molecule has 2 amide bonds. The number of para-hydroxylation sites is 1. The minimum Gasteiger partial charge on any atom is -0.476 e. The van der Waals surface area contributed by atoms with Crippen LogP contribution in [0.1, 0.15) is 21.5 Å². The van der Waals surface area contributed by atoms with Gasteiger partial charge < -0.3 is 20.2 Å². The van der Waals surface area contributed by atoms with Crippen molar-refractivity contribution >= 4 is 40.1 Å². The quantitative estimate of drug-likeness (QED) is 0.413. The fourth-order valence-electron chi connectivity index (χ4n) is 3.76. The first-order valence-electron chi connectivity index (χ1n) is 10.4. The molecular weight excluding hydrogens is 456 g/mol. The number of aryl methyl sites for hydroxylation is 2. The Kier molecular flexibility index (Phi) is 6.38. The van der Waals surface area contributed by atoms with Crippen molar-refractivity contribution in [1.29, 1.82) is 0 Å². The first kappa shape index (κ1) is 23.1. The number of anilines is 1. The summed E-state index contributed by atoms with van der Waals surface area (Å²) < 4.78 is 11.8. The molecule has 0 atom stereocenters. The van der Waals surface area contributed by atoms with E-state index in [2.05, 4.69) is 5.32 Å². The lowest BCUT2D eigenvalue weighted by atomic mass is 10.0. The van der Waals surface area contributed by atoms with Gasteiger partial charge in [0.1, 0.15) is 5.58 Å². The van der Waals surface area contributed by atoms with Crippen LogP contribution in [0, 0.1) is 13.8 Å². The second kappa shape index (κ2) is 9.41. The summed E-state index contributed by atoms with van der Waals surface area (Å²) >= 11 is 6.37. The van der Waals surface area contributed by atoms with Crippen LogP contribution < -0.4 is 21.2 Å². The number of rotatable bonds is 6. The van der Waals surface area contributed by atoms with E-state index in [4.69, 9.17) is 26.5 Å². The largest absolute Gasteiger partial charge is 0.476 e. The van der Waals surface area contributed by atoms with Gasteiger partial charge in [-0.2, -0.15) is 0 Å².